The molecule has 0 aromatic carbocycles. The number of hydrogen-bond acceptors (Lipinski definition) is 5. The third kappa shape index (κ3) is 3.76. The molecule has 2 aliphatic carbocycles. The number of aliphatic carboxylic acids is 1. The summed E-state index contributed by atoms with van der Waals surface area (Å²) in [6.45, 7) is 4.01. The minimum atomic E-state index is -0.757. The molecule has 2 aliphatic rings. The minimum absolute atomic E-state index is 0.0382. The third-order valence-corrected chi connectivity index (χ3v) is 5.08. The molecule has 1 amide bonds. The van der Waals surface area contributed by atoms with Gasteiger partial charge in [0.15, 0.2) is 5.82 Å². The van der Waals surface area contributed by atoms with Gasteiger partial charge in [-0.25, -0.2) is 0 Å². The van der Waals surface area contributed by atoms with E-state index in [1.807, 2.05) is 13.8 Å². The van der Waals surface area contributed by atoms with Crippen LogP contribution in [0.1, 0.15) is 76.0 Å². The van der Waals surface area contributed by atoms with Crippen LogP contribution in [0.4, 0.5) is 0 Å². The molecule has 1 aromatic heterocycles. The van der Waals surface area contributed by atoms with E-state index in [4.69, 9.17) is 9.63 Å². The van der Waals surface area contributed by atoms with E-state index in [-0.39, 0.29) is 29.7 Å². The number of nitrogens with zero attached hydrogens (tertiary/aromatic N) is 2. The number of carbonyl (C=O) groups excluding carboxylic acids is 1. The summed E-state index contributed by atoms with van der Waals surface area (Å²) in [7, 11) is 0. The third-order valence-electron chi connectivity index (χ3n) is 5.08. The average molecular weight is 335 g/mol. The van der Waals surface area contributed by atoms with E-state index in [2.05, 4.69) is 15.5 Å². The summed E-state index contributed by atoms with van der Waals surface area (Å²) < 4.78 is 5.37. The molecule has 132 valence electrons. The van der Waals surface area contributed by atoms with Crippen LogP contribution >= 0.6 is 0 Å². The maximum atomic E-state index is 12.6. The molecule has 7 nitrogen and oxygen atoms in total. The predicted molar refractivity (Wildman–Crippen MR) is 85.1 cm³/mol. The number of amides is 1. The van der Waals surface area contributed by atoms with Crippen molar-refractivity contribution >= 4 is 11.9 Å². The molecule has 2 N–H and O–H groups in total. The summed E-state index contributed by atoms with van der Waals surface area (Å²) in [5.41, 5.74) is 0. The molecule has 24 heavy (non-hydrogen) atoms. The van der Waals surface area contributed by atoms with Gasteiger partial charge in [-0.15, -0.1) is 0 Å². The standard InChI is InChI=1S/C17H25N3O4/c1-9(2)13(16-19-14(20-24-16)10-3-4-10)18-15(21)11-5-7-12(8-6-11)17(22)23/h9-13H,3-8H2,1-2H3,(H,18,21)(H,22,23). The molecule has 2 saturated carbocycles. The number of carboxylic acids is 1. The molecule has 1 unspecified atom stereocenters. The normalized spacial score (nSPS) is 25.5. The first-order valence-corrected chi connectivity index (χ1v) is 8.82. The van der Waals surface area contributed by atoms with Crippen LogP contribution in [0, 0.1) is 17.8 Å². The van der Waals surface area contributed by atoms with Crippen molar-refractivity contribution in [3.63, 3.8) is 0 Å². The summed E-state index contributed by atoms with van der Waals surface area (Å²) in [5, 5.41) is 16.1. The molecule has 1 aromatic rings. The summed E-state index contributed by atoms with van der Waals surface area (Å²) in [5.74, 6) is 0.524. The summed E-state index contributed by atoms with van der Waals surface area (Å²) >= 11 is 0. The lowest BCUT2D eigenvalue weighted by atomic mass is 9.81. The Morgan fingerprint density at radius 2 is 1.75 bits per heavy atom. The highest BCUT2D eigenvalue weighted by Crippen LogP contribution is 2.39. The first kappa shape index (κ1) is 16.9. The van der Waals surface area contributed by atoms with Crippen molar-refractivity contribution < 1.29 is 19.2 Å². The van der Waals surface area contributed by atoms with Gasteiger partial charge in [-0.1, -0.05) is 19.0 Å². The molecular weight excluding hydrogens is 310 g/mol. The number of carbonyl (C=O) groups is 2. The van der Waals surface area contributed by atoms with Gasteiger partial charge in [0.05, 0.1) is 5.92 Å². The number of nitrogens with one attached hydrogen (secondary N) is 1. The highest BCUT2D eigenvalue weighted by atomic mass is 16.5. The Hall–Kier alpha value is -1.92. The van der Waals surface area contributed by atoms with Crippen molar-refractivity contribution in [1.82, 2.24) is 15.5 Å². The Balaban J connectivity index is 1.60. The van der Waals surface area contributed by atoms with Crippen LogP contribution in [0.2, 0.25) is 0 Å². The minimum Gasteiger partial charge on any atom is -0.481 e. The van der Waals surface area contributed by atoms with Crippen molar-refractivity contribution in [2.24, 2.45) is 17.8 Å². The first-order chi connectivity index (χ1) is 11.5. The number of rotatable bonds is 6. The first-order valence-electron chi connectivity index (χ1n) is 8.82. The second-order valence-corrected chi connectivity index (χ2v) is 7.38. The molecule has 0 bridgehead atoms. The Bertz CT molecular complexity index is 601. The van der Waals surface area contributed by atoms with Crippen molar-refractivity contribution in [2.75, 3.05) is 0 Å². The Morgan fingerprint density at radius 1 is 1.12 bits per heavy atom. The van der Waals surface area contributed by atoms with Gasteiger partial charge in [-0.05, 0) is 44.4 Å². The smallest absolute Gasteiger partial charge is 0.306 e. The van der Waals surface area contributed by atoms with E-state index in [1.165, 1.54) is 0 Å². The van der Waals surface area contributed by atoms with E-state index < -0.39 is 5.97 Å². The zero-order valence-electron chi connectivity index (χ0n) is 14.2. The Morgan fingerprint density at radius 3 is 2.29 bits per heavy atom. The van der Waals surface area contributed by atoms with Gasteiger partial charge in [-0.2, -0.15) is 4.98 Å². The van der Waals surface area contributed by atoms with Crippen LogP contribution in [0.5, 0.6) is 0 Å². The van der Waals surface area contributed by atoms with Crippen LogP contribution in [-0.2, 0) is 9.59 Å². The predicted octanol–water partition coefficient (Wildman–Crippen LogP) is 2.65. The lowest BCUT2D eigenvalue weighted by molar-refractivity contribution is -0.144. The van der Waals surface area contributed by atoms with Crippen LogP contribution in [-0.4, -0.2) is 27.1 Å². The van der Waals surface area contributed by atoms with Crippen molar-refractivity contribution in [1.29, 1.82) is 0 Å². The van der Waals surface area contributed by atoms with Gasteiger partial charge in [0.1, 0.15) is 6.04 Å². The largest absolute Gasteiger partial charge is 0.481 e. The fourth-order valence-electron chi connectivity index (χ4n) is 3.27. The van der Waals surface area contributed by atoms with E-state index in [1.54, 1.807) is 0 Å². The molecule has 7 heteroatoms. The van der Waals surface area contributed by atoms with Gasteiger partial charge < -0.3 is 14.9 Å². The van der Waals surface area contributed by atoms with E-state index in [0.29, 0.717) is 37.5 Å². The number of carboxylic acid groups (broad SMARTS) is 1. The highest BCUT2D eigenvalue weighted by Gasteiger charge is 2.34. The maximum Gasteiger partial charge on any atom is 0.306 e. The van der Waals surface area contributed by atoms with Crippen molar-refractivity contribution in [3.05, 3.63) is 11.7 Å². The van der Waals surface area contributed by atoms with E-state index in [9.17, 15) is 9.59 Å². The van der Waals surface area contributed by atoms with Crippen LogP contribution in [0.25, 0.3) is 0 Å². The molecular formula is C17H25N3O4. The fraction of sp³-hybridized carbons (Fsp3) is 0.765. The summed E-state index contributed by atoms with van der Waals surface area (Å²) in [4.78, 5) is 28.0. The van der Waals surface area contributed by atoms with Gasteiger partial charge >= 0.3 is 5.97 Å². The topological polar surface area (TPSA) is 105 Å². The van der Waals surface area contributed by atoms with Crippen LogP contribution in [0.15, 0.2) is 4.52 Å². The van der Waals surface area contributed by atoms with Gasteiger partial charge in [0, 0.05) is 11.8 Å². The van der Waals surface area contributed by atoms with E-state index in [0.717, 1.165) is 18.7 Å². The second kappa shape index (κ2) is 6.91. The highest BCUT2D eigenvalue weighted by molar-refractivity contribution is 5.79. The van der Waals surface area contributed by atoms with Gasteiger partial charge in [0.2, 0.25) is 11.8 Å². The zero-order valence-corrected chi connectivity index (χ0v) is 14.2. The fourth-order valence-corrected chi connectivity index (χ4v) is 3.27. The molecule has 1 heterocycles. The number of aromatic nitrogens is 2. The number of hydrogen-bond donors (Lipinski definition) is 2. The van der Waals surface area contributed by atoms with Crippen molar-refractivity contribution in [2.45, 2.75) is 64.3 Å². The quantitative estimate of drug-likeness (QED) is 0.828. The Labute approximate surface area is 141 Å². The monoisotopic (exact) mass is 335 g/mol. The molecule has 1 atom stereocenters. The lowest BCUT2D eigenvalue weighted by Crippen LogP contribution is -2.38. The molecule has 2 fully saturated rings. The molecule has 0 spiro atoms. The summed E-state index contributed by atoms with van der Waals surface area (Å²) in [6, 6.07) is -0.297. The Kier molecular flexibility index (Phi) is 4.87. The van der Waals surface area contributed by atoms with Crippen LogP contribution < -0.4 is 5.32 Å². The van der Waals surface area contributed by atoms with E-state index >= 15 is 0 Å². The zero-order chi connectivity index (χ0) is 17.3. The second-order valence-electron chi connectivity index (χ2n) is 7.38. The van der Waals surface area contributed by atoms with Gasteiger partial charge in [0.25, 0.3) is 0 Å². The molecule has 3 rings (SSSR count). The SMILES string of the molecule is CC(C)C(NC(=O)C1CCC(C(=O)O)CC1)c1nc(C2CC2)no1. The maximum absolute atomic E-state index is 12.6. The van der Waals surface area contributed by atoms with Gasteiger partial charge in [-0.3, -0.25) is 9.59 Å². The van der Waals surface area contributed by atoms with Crippen LogP contribution in [0.3, 0.4) is 0 Å². The molecule has 0 aliphatic heterocycles. The van der Waals surface area contributed by atoms with Crippen molar-refractivity contribution in [3.8, 4) is 0 Å². The lowest BCUT2D eigenvalue weighted by Gasteiger charge is -2.27. The average Bonchev–Trinajstić information content (AvgIpc) is 3.30. The summed E-state index contributed by atoms with van der Waals surface area (Å²) in [6.07, 6.45) is 4.56. The molecule has 0 saturated heterocycles. The molecule has 0 radical (unpaired) electrons.